The number of aryl methyl sites for hydroxylation is 2. The number of benzene rings is 1. The normalized spacial score (nSPS) is 18.6. The highest BCUT2D eigenvalue weighted by molar-refractivity contribution is 7.89. The van der Waals surface area contributed by atoms with E-state index in [4.69, 9.17) is 0 Å². The number of hydrogen-bond acceptors (Lipinski definition) is 3. The fraction of sp³-hybridized carbons (Fsp3) is 0.667. The van der Waals surface area contributed by atoms with E-state index in [-0.39, 0.29) is 5.91 Å². The van der Waals surface area contributed by atoms with E-state index >= 15 is 0 Å². The molecule has 1 amide bonds. The zero-order valence-electron chi connectivity index (χ0n) is 17.0. The van der Waals surface area contributed by atoms with Crippen molar-refractivity contribution in [1.29, 1.82) is 0 Å². The van der Waals surface area contributed by atoms with E-state index in [0.717, 1.165) is 50.0 Å². The zero-order chi connectivity index (χ0) is 20.0. The van der Waals surface area contributed by atoms with Crippen molar-refractivity contribution in [2.75, 3.05) is 39.3 Å². The quantitative estimate of drug-likeness (QED) is 0.624. The van der Waals surface area contributed by atoms with Crippen LogP contribution >= 0.6 is 0 Å². The van der Waals surface area contributed by atoms with E-state index < -0.39 is 10.0 Å². The van der Waals surface area contributed by atoms with Gasteiger partial charge in [0, 0.05) is 6.54 Å². The summed E-state index contributed by atoms with van der Waals surface area (Å²) >= 11 is 0. The molecule has 0 aromatic heterocycles. The number of hydrogen-bond donors (Lipinski definition) is 2. The number of nitrogens with one attached hydrogen (secondary N) is 2. The third-order valence-electron chi connectivity index (χ3n) is 5.90. The summed E-state index contributed by atoms with van der Waals surface area (Å²) in [6.07, 6.45) is 7.65. The van der Waals surface area contributed by atoms with Gasteiger partial charge in [-0.05, 0) is 55.4 Å². The average molecular weight is 409 g/mol. The molecule has 2 N–H and O–H groups in total. The lowest BCUT2D eigenvalue weighted by Crippen LogP contribution is -3.15. The van der Waals surface area contributed by atoms with Crippen LogP contribution in [0.2, 0.25) is 0 Å². The van der Waals surface area contributed by atoms with Gasteiger partial charge >= 0.3 is 0 Å². The van der Waals surface area contributed by atoms with Gasteiger partial charge in [0.25, 0.3) is 5.91 Å². The highest BCUT2D eigenvalue weighted by Crippen LogP contribution is 2.25. The first-order valence-corrected chi connectivity index (χ1v) is 12.2. The first kappa shape index (κ1) is 21.3. The molecular weight excluding hydrogens is 374 g/mol. The van der Waals surface area contributed by atoms with Gasteiger partial charge in [0.1, 0.15) is 0 Å². The number of carbonyl (C=O) groups is 1. The summed E-state index contributed by atoms with van der Waals surface area (Å²) in [5.41, 5.74) is 2.49. The minimum atomic E-state index is -3.45. The minimum Gasteiger partial charge on any atom is -0.351 e. The number of fused-ring (bicyclic) bond motifs is 1. The molecule has 3 rings (SSSR count). The van der Waals surface area contributed by atoms with Crippen LogP contribution in [0.5, 0.6) is 0 Å². The molecule has 0 radical (unpaired) electrons. The lowest BCUT2D eigenvalue weighted by Gasteiger charge is -2.31. The average Bonchev–Trinajstić information content (AvgIpc) is 2.71. The topological polar surface area (TPSA) is 70.9 Å². The Labute approximate surface area is 169 Å². The van der Waals surface area contributed by atoms with Crippen LogP contribution in [0.15, 0.2) is 23.1 Å². The molecule has 2 aliphatic rings. The number of amides is 1. The Kier molecular flexibility index (Phi) is 7.48. The molecule has 0 bridgehead atoms. The predicted octanol–water partition coefficient (Wildman–Crippen LogP) is 0.761. The van der Waals surface area contributed by atoms with Crippen molar-refractivity contribution in [1.82, 2.24) is 9.62 Å². The second-order valence-corrected chi connectivity index (χ2v) is 9.96. The van der Waals surface area contributed by atoms with Gasteiger partial charge in [-0.15, -0.1) is 0 Å². The van der Waals surface area contributed by atoms with Gasteiger partial charge < -0.3 is 10.2 Å². The van der Waals surface area contributed by atoms with Crippen molar-refractivity contribution >= 4 is 15.9 Å². The Bertz CT molecular complexity index is 771. The minimum absolute atomic E-state index is 0.0668. The monoisotopic (exact) mass is 408 g/mol. The van der Waals surface area contributed by atoms with E-state index in [0.29, 0.717) is 37.6 Å². The van der Waals surface area contributed by atoms with Crippen molar-refractivity contribution in [3.63, 3.8) is 0 Å². The number of nitrogens with zero attached hydrogens (tertiary/aromatic N) is 1. The molecule has 1 aromatic rings. The van der Waals surface area contributed by atoms with Crippen molar-refractivity contribution in [3.05, 3.63) is 29.3 Å². The SMILES string of the molecule is CCCCCNC(=O)C[NH+]1CCN(S(=O)(=O)c2ccc3c(c2)CCCC3)CC1. The van der Waals surface area contributed by atoms with Gasteiger partial charge in [-0.2, -0.15) is 4.31 Å². The molecule has 1 fully saturated rings. The Morgan fingerprint density at radius 3 is 2.54 bits per heavy atom. The van der Waals surface area contributed by atoms with Gasteiger partial charge in [0.05, 0.1) is 31.1 Å². The number of piperazine rings is 1. The van der Waals surface area contributed by atoms with Crippen LogP contribution < -0.4 is 10.2 Å². The molecule has 0 saturated carbocycles. The Balaban J connectivity index is 1.52. The molecule has 156 valence electrons. The number of sulfonamides is 1. The maximum absolute atomic E-state index is 13.0. The van der Waals surface area contributed by atoms with E-state index in [9.17, 15) is 13.2 Å². The summed E-state index contributed by atoms with van der Waals surface area (Å²) < 4.78 is 27.7. The zero-order valence-corrected chi connectivity index (χ0v) is 17.8. The van der Waals surface area contributed by atoms with Crippen LogP contribution in [0.1, 0.15) is 50.2 Å². The molecule has 1 aliphatic heterocycles. The molecule has 1 saturated heterocycles. The fourth-order valence-electron chi connectivity index (χ4n) is 4.13. The van der Waals surface area contributed by atoms with Crippen LogP contribution in [-0.2, 0) is 27.7 Å². The third-order valence-corrected chi connectivity index (χ3v) is 7.79. The highest BCUT2D eigenvalue weighted by atomic mass is 32.2. The van der Waals surface area contributed by atoms with E-state index in [1.807, 2.05) is 12.1 Å². The summed E-state index contributed by atoms with van der Waals surface area (Å²) in [5, 5.41) is 2.97. The summed E-state index contributed by atoms with van der Waals surface area (Å²) in [5.74, 6) is 0.0668. The number of rotatable bonds is 8. The molecule has 1 aliphatic carbocycles. The van der Waals surface area contributed by atoms with Crippen molar-refractivity contribution in [2.24, 2.45) is 0 Å². The Morgan fingerprint density at radius 2 is 1.82 bits per heavy atom. The van der Waals surface area contributed by atoms with E-state index in [1.54, 1.807) is 10.4 Å². The molecule has 0 unspecified atom stereocenters. The Hall–Kier alpha value is -1.44. The van der Waals surface area contributed by atoms with Crippen LogP contribution in [0.3, 0.4) is 0 Å². The van der Waals surface area contributed by atoms with E-state index in [1.165, 1.54) is 17.5 Å². The van der Waals surface area contributed by atoms with Gasteiger partial charge in [-0.3, -0.25) is 4.79 Å². The second kappa shape index (κ2) is 9.85. The molecule has 1 aromatic carbocycles. The molecular formula is C21H34N3O3S+. The largest absolute Gasteiger partial charge is 0.351 e. The van der Waals surface area contributed by atoms with Crippen LogP contribution in [0.4, 0.5) is 0 Å². The lowest BCUT2D eigenvalue weighted by atomic mass is 9.92. The molecule has 6 nitrogen and oxygen atoms in total. The van der Waals surface area contributed by atoms with Gasteiger partial charge in [-0.1, -0.05) is 25.8 Å². The molecule has 28 heavy (non-hydrogen) atoms. The molecule has 0 spiro atoms. The van der Waals surface area contributed by atoms with Gasteiger partial charge in [0.2, 0.25) is 10.0 Å². The fourth-order valence-corrected chi connectivity index (χ4v) is 5.62. The second-order valence-electron chi connectivity index (χ2n) is 8.03. The summed E-state index contributed by atoms with van der Waals surface area (Å²) in [6.45, 7) is 5.59. The number of quaternary nitrogens is 1. The van der Waals surface area contributed by atoms with Gasteiger partial charge in [-0.25, -0.2) is 8.42 Å². The van der Waals surface area contributed by atoms with Gasteiger partial charge in [0.15, 0.2) is 6.54 Å². The van der Waals surface area contributed by atoms with Crippen LogP contribution in [0, 0.1) is 0 Å². The molecule has 7 heteroatoms. The standard InChI is InChI=1S/C21H33N3O3S/c1-2-3-6-11-22-21(25)17-23-12-14-24(15-13-23)28(26,27)20-10-9-18-7-4-5-8-19(18)16-20/h9-10,16H,2-8,11-15,17H2,1H3,(H,22,25)/p+1. The summed E-state index contributed by atoms with van der Waals surface area (Å²) in [7, 11) is -3.45. The number of carbonyl (C=O) groups excluding carboxylic acids is 1. The van der Waals surface area contributed by atoms with Crippen LogP contribution in [0.25, 0.3) is 0 Å². The summed E-state index contributed by atoms with van der Waals surface area (Å²) in [6, 6.07) is 5.64. The van der Waals surface area contributed by atoms with Crippen molar-refractivity contribution < 1.29 is 18.1 Å². The summed E-state index contributed by atoms with van der Waals surface area (Å²) in [4.78, 5) is 13.6. The highest BCUT2D eigenvalue weighted by Gasteiger charge is 2.31. The molecule has 1 heterocycles. The van der Waals surface area contributed by atoms with Crippen molar-refractivity contribution in [3.8, 4) is 0 Å². The maximum Gasteiger partial charge on any atom is 0.275 e. The first-order valence-electron chi connectivity index (χ1n) is 10.7. The lowest BCUT2D eigenvalue weighted by molar-refractivity contribution is -0.895. The predicted molar refractivity (Wildman–Crippen MR) is 110 cm³/mol. The first-order chi connectivity index (χ1) is 13.5. The van der Waals surface area contributed by atoms with Crippen molar-refractivity contribution in [2.45, 2.75) is 56.8 Å². The third kappa shape index (κ3) is 5.33. The number of unbranched alkanes of at least 4 members (excludes halogenated alkanes) is 2. The van der Waals surface area contributed by atoms with E-state index in [2.05, 4.69) is 12.2 Å². The smallest absolute Gasteiger partial charge is 0.275 e. The Morgan fingerprint density at radius 1 is 1.11 bits per heavy atom. The van der Waals surface area contributed by atoms with Crippen LogP contribution in [-0.4, -0.2) is 57.9 Å². The maximum atomic E-state index is 13.0. The molecule has 0 atom stereocenters.